The molecule has 1 aromatic rings. The summed E-state index contributed by atoms with van der Waals surface area (Å²) in [5.41, 5.74) is 7.21. The van der Waals surface area contributed by atoms with Gasteiger partial charge in [0.15, 0.2) is 0 Å². The van der Waals surface area contributed by atoms with Crippen LogP contribution in [0.1, 0.15) is 31.9 Å². The number of nitrogens with zero attached hydrogens (tertiary/aromatic N) is 1. The van der Waals surface area contributed by atoms with Crippen LogP contribution in [0.25, 0.3) is 0 Å². The van der Waals surface area contributed by atoms with Gasteiger partial charge in [-0.3, -0.25) is 4.90 Å². The van der Waals surface area contributed by atoms with Gasteiger partial charge in [-0.25, -0.2) is 4.39 Å². The van der Waals surface area contributed by atoms with Crippen molar-refractivity contribution in [1.82, 2.24) is 4.90 Å². The molecule has 17 heavy (non-hydrogen) atoms. The molecule has 3 heteroatoms. The topological polar surface area (TPSA) is 29.3 Å². The Morgan fingerprint density at radius 1 is 1.29 bits per heavy atom. The molecule has 0 aromatic heterocycles. The summed E-state index contributed by atoms with van der Waals surface area (Å²) in [7, 11) is 2.09. The Bertz CT molecular complexity index is 363. The Labute approximate surface area is 104 Å². The third kappa shape index (κ3) is 3.79. The second kappa shape index (κ2) is 6.12. The predicted octanol–water partition coefficient (Wildman–Crippen LogP) is 2.76. The smallest absolute Gasteiger partial charge is 0.127 e. The first-order valence-electron chi connectivity index (χ1n) is 6.13. The highest BCUT2D eigenvalue weighted by atomic mass is 19.1. The van der Waals surface area contributed by atoms with Crippen LogP contribution in [0.15, 0.2) is 18.2 Å². The minimum absolute atomic E-state index is 0.212. The van der Waals surface area contributed by atoms with Crippen LogP contribution in [0.3, 0.4) is 0 Å². The van der Waals surface area contributed by atoms with Crippen molar-refractivity contribution < 1.29 is 4.39 Å². The molecular formula is C14H23FN2. The Morgan fingerprint density at radius 2 is 1.94 bits per heavy atom. The largest absolute Gasteiger partial charge is 0.326 e. The Morgan fingerprint density at radius 3 is 2.47 bits per heavy atom. The van der Waals surface area contributed by atoms with Gasteiger partial charge in [-0.2, -0.15) is 0 Å². The van der Waals surface area contributed by atoms with Gasteiger partial charge in [-0.1, -0.05) is 26.0 Å². The molecule has 0 bridgehead atoms. The number of hydrogen-bond acceptors (Lipinski definition) is 2. The third-order valence-corrected chi connectivity index (χ3v) is 3.42. The molecule has 1 atom stereocenters. The third-order valence-electron chi connectivity index (χ3n) is 3.42. The average molecular weight is 238 g/mol. The van der Waals surface area contributed by atoms with Crippen LogP contribution < -0.4 is 5.73 Å². The normalized spacial score (nSPS) is 13.4. The summed E-state index contributed by atoms with van der Waals surface area (Å²) in [6.07, 6.45) is 0. The van der Waals surface area contributed by atoms with E-state index in [2.05, 4.69) is 32.7 Å². The number of hydrogen-bond donors (Lipinski definition) is 1. The van der Waals surface area contributed by atoms with E-state index in [-0.39, 0.29) is 12.4 Å². The van der Waals surface area contributed by atoms with Crippen LogP contribution in [0, 0.1) is 11.7 Å². The van der Waals surface area contributed by atoms with Gasteiger partial charge < -0.3 is 5.73 Å². The fourth-order valence-electron chi connectivity index (χ4n) is 1.82. The van der Waals surface area contributed by atoms with Gasteiger partial charge in [0.1, 0.15) is 5.82 Å². The summed E-state index contributed by atoms with van der Waals surface area (Å²) in [4.78, 5) is 2.28. The number of nitrogens with two attached hydrogens (primary N) is 1. The number of halogens is 1. The summed E-state index contributed by atoms with van der Waals surface area (Å²) in [6, 6.07) is 5.70. The van der Waals surface area contributed by atoms with Crippen LogP contribution in [-0.4, -0.2) is 18.0 Å². The molecule has 96 valence electrons. The highest BCUT2D eigenvalue weighted by Crippen LogP contribution is 2.15. The molecule has 0 saturated carbocycles. The Hall–Kier alpha value is -0.930. The van der Waals surface area contributed by atoms with Crippen LogP contribution in [0.4, 0.5) is 4.39 Å². The maximum absolute atomic E-state index is 13.3. The predicted molar refractivity (Wildman–Crippen MR) is 70.1 cm³/mol. The summed E-state index contributed by atoms with van der Waals surface area (Å²) in [5, 5.41) is 0. The second-order valence-electron chi connectivity index (χ2n) is 5.03. The first-order chi connectivity index (χ1) is 7.95. The summed E-state index contributed by atoms with van der Waals surface area (Å²) < 4.78 is 13.3. The van der Waals surface area contributed by atoms with E-state index in [0.29, 0.717) is 17.5 Å². The van der Waals surface area contributed by atoms with E-state index in [0.717, 1.165) is 12.1 Å². The molecule has 1 unspecified atom stereocenters. The van der Waals surface area contributed by atoms with Crippen molar-refractivity contribution in [2.24, 2.45) is 11.7 Å². The molecule has 0 radical (unpaired) electrons. The van der Waals surface area contributed by atoms with E-state index in [4.69, 9.17) is 5.73 Å². The van der Waals surface area contributed by atoms with Crippen molar-refractivity contribution in [3.05, 3.63) is 35.1 Å². The molecule has 0 aliphatic heterocycles. The lowest BCUT2D eigenvalue weighted by Crippen LogP contribution is -2.32. The zero-order chi connectivity index (χ0) is 13.0. The molecule has 0 fully saturated rings. The zero-order valence-corrected chi connectivity index (χ0v) is 11.2. The van der Waals surface area contributed by atoms with E-state index < -0.39 is 0 Å². The van der Waals surface area contributed by atoms with Crippen LogP contribution in [0.5, 0.6) is 0 Å². The minimum Gasteiger partial charge on any atom is -0.326 e. The van der Waals surface area contributed by atoms with E-state index in [1.807, 2.05) is 12.1 Å². The van der Waals surface area contributed by atoms with Gasteiger partial charge in [0.05, 0.1) is 0 Å². The van der Waals surface area contributed by atoms with Crippen molar-refractivity contribution in [1.29, 1.82) is 0 Å². The SMILES string of the molecule is CC(C)C(C)N(C)Cc1ccc(F)c(CN)c1. The molecule has 2 nitrogen and oxygen atoms in total. The molecule has 0 aliphatic rings. The van der Waals surface area contributed by atoms with E-state index in [1.54, 1.807) is 0 Å². The van der Waals surface area contributed by atoms with Gasteiger partial charge in [0.25, 0.3) is 0 Å². The van der Waals surface area contributed by atoms with Crippen molar-refractivity contribution in [3.63, 3.8) is 0 Å². The van der Waals surface area contributed by atoms with Crippen molar-refractivity contribution in [2.75, 3.05) is 7.05 Å². The van der Waals surface area contributed by atoms with Crippen LogP contribution in [-0.2, 0) is 13.1 Å². The summed E-state index contributed by atoms with van der Waals surface area (Å²) >= 11 is 0. The Kier molecular flexibility index (Phi) is 5.09. The first-order valence-corrected chi connectivity index (χ1v) is 6.13. The standard InChI is InChI=1S/C14H23FN2/c1-10(2)11(3)17(4)9-12-5-6-14(15)13(7-12)8-16/h5-7,10-11H,8-9,16H2,1-4H3. The van der Waals surface area contributed by atoms with Crippen molar-refractivity contribution in [2.45, 2.75) is 39.9 Å². The lowest BCUT2D eigenvalue weighted by molar-refractivity contribution is 0.200. The highest BCUT2D eigenvalue weighted by molar-refractivity contribution is 5.25. The Balaban J connectivity index is 2.75. The van der Waals surface area contributed by atoms with Gasteiger partial charge >= 0.3 is 0 Å². The summed E-state index contributed by atoms with van der Waals surface area (Å²) in [5.74, 6) is 0.394. The second-order valence-corrected chi connectivity index (χ2v) is 5.03. The van der Waals surface area contributed by atoms with Gasteiger partial charge in [0.2, 0.25) is 0 Å². The minimum atomic E-state index is -0.212. The molecule has 1 rings (SSSR count). The van der Waals surface area contributed by atoms with E-state index in [1.165, 1.54) is 6.07 Å². The lowest BCUT2D eigenvalue weighted by Gasteiger charge is -2.28. The average Bonchev–Trinajstić information content (AvgIpc) is 2.30. The fourth-order valence-corrected chi connectivity index (χ4v) is 1.82. The van der Waals surface area contributed by atoms with E-state index >= 15 is 0 Å². The monoisotopic (exact) mass is 238 g/mol. The molecular weight excluding hydrogens is 215 g/mol. The van der Waals surface area contributed by atoms with Crippen molar-refractivity contribution >= 4 is 0 Å². The molecule has 0 amide bonds. The van der Waals surface area contributed by atoms with E-state index in [9.17, 15) is 4.39 Å². The molecule has 2 N–H and O–H groups in total. The molecule has 1 aromatic carbocycles. The zero-order valence-electron chi connectivity index (χ0n) is 11.2. The quantitative estimate of drug-likeness (QED) is 0.854. The number of rotatable bonds is 5. The van der Waals surface area contributed by atoms with Gasteiger partial charge in [-0.15, -0.1) is 0 Å². The highest BCUT2D eigenvalue weighted by Gasteiger charge is 2.13. The molecule has 0 aliphatic carbocycles. The lowest BCUT2D eigenvalue weighted by atomic mass is 10.0. The van der Waals surface area contributed by atoms with Gasteiger partial charge in [-0.05, 0) is 31.5 Å². The van der Waals surface area contributed by atoms with Crippen molar-refractivity contribution in [3.8, 4) is 0 Å². The fraction of sp³-hybridized carbons (Fsp3) is 0.571. The maximum atomic E-state index is 13.3. The molecule has 0 spiro atoms. The van der Waals surface area contributed by atoms with Gasteiger partial charge in [0, 0.05) is 24.7 Å². The first kappa shape index (κ1) is 14.1. The summed E-state index contributed by atoms with van der Waals surface area (Å²) in [6.45, 7) is 7.70. The van der Waals surface area contributed by atoms with Crippen LogP contribution in [0.2, 0.25) is 0 Å². The van der Waals surface area contributed by atoms with Crippen LogP contribution >= 0.6 is 0 Å². The maximum Gasteiger partial charge on any atom is 0.127 e. The molecule has 0 saturated heterocycles. The number of benzene rings is 1. The molecule has 0 heterocycles.